The molecule has 31 heavy (non-hydrogen) atoms. The van der Waals surface area contributed by atoms with Crippen molar-refractivity contribution in [2.75, 3.05) is 0 Å². The Morgan fingerprint density at radius 3 is 2.52 bits per heavy atom. The number of para-hydroxylation sites is 2. The molecule has 2 heterocycles. The first-order chi connectivity index (χ1) is 15.2. The minimum atomic E-state index is -0.432. The van der Waals surface area contributed by atoms with Gasteiger partial charge in [0.15, 0.2) is 5.58 Å². The van der Waals surface area contributed by atoms with E-state index in [-0.39, 0.29) is 5.69 Å². The van der Waals surface area contributed by atoms with Crippen molar-refractivity contribution in [2.45, 2.75) is 0 Å². The number of oxazole rings is 1. The van der Waals surface area contributed by atoms with Gasteiger partial charge in [-0.25, -0.2) is 4.98 Å². The average molecular weight is 409 g/mol. The fourth-order valence-corrected chi connectivity index (χ4v) is 3.18. The third-order valence-corrected chi connectivity index (χ3v) is 4.72. The number of hydrogen-bond donors (Lipinski definition) is 0. The highest BCUT2D eigenvalue weighted by Gasteiger charge is 2.09. The summed E-state index contributed by atoms with van der Waals surface area (Å²) in [6.07, 6.45) is 1.63. The highest BCUT2D eigenvalue weighted by atomic mass is 16.6. The molecule has 0 atom stereocenters. The molecule has 0 saturated carbocycles. The fraction of sp³-hybridized carbons (Fsp3) is 0. The fourth-order valence-electron chi connectivity index (χ4n) is 3.18. The maximum Gasteiger partial charge on any atom is 0.269 e. The lowest BCUT2D eigenvalue weighted by molar-refractivity contribution is -0.384. The van der Waals surface area contributed by atoms with Crippen molar-refractivity contribution >= 4 is 28.7 Å². The second-order valence-electron chi connectivity index (χ2n) is 6.80. The normalized spacial score (nSPS) is 11.4. The molecular weight excluding hydrogens is 394 g/mol. The Balaban J connectivity index is 1.36. The predicted molar refractivity (Wildman–Crippen MR) is 117 cm³/mol. The number of benzene rings is 3. The van der Waals surface area contributed by atoms with Crippen LogP contribution in [0.4, 0.5) is 11.4 Å². The number of aromatic nitrogens is 1. The zero-order valence-electron chi connectivity index (χ0n) is 16.1. The maximum atomic E-state index is 10.8. The van der Waals surface area contributed by atoms with Gasteiger partial charge in [0.25, 0.3) is 5.69 Å². The van der Waals surface area contributed by atoms with Crippen LogP contribution in [0.15, 0.2) is 98.8 Å². The number of nitro benzene ring substituents is 1. The van der Waals surface area contributed by atoms with Crippen molar-refractivity contribution in [1.82, 2.24) is 4.98 Å². The Kier molecular flexibility index (Phi) is 4.61. The van der Waals surface area contributed by atoms with Gasteiger partial charge in [-0.1, -0.05) is 18.2 Å². The Morgan fingerprint density at radius 2 is 1.71 bits per heavy atom. The number of furan rings is 1. The lowest BCUT2D eigenvalue weighted by atomic mass is 10.1. The summed E-state index contributed by atoms with van der Waals surface area (Å²) in [5.41, 5.74) is 3.89. The quantitative estimate of drug-likeness (QED) is 0.190. The van der Waals surface area contributed by atoms with Crippen molar-refractivity contribution < 1.29 is 13.8 Å². The van der Waals surface area contributed by atoms with E-state index in [4.69, 9.17) is 8.83 Å². The lowest BCUT2D eigenvalue weighted by Gasteiger charge is -1.98. The average Bonchev–Trinajstić information content (AvgIpc) is 3.45. The smallest absolute Gasteiger partial charge is 0.269 e. The van der Waals surface area contributed by atoms with Gasteiger partial charge in [-0.05, 0) is 54.6 Å². The third kappa shape index (κ3) is 3.84. The van der Waals surface area contributed by atoms with E-state index in [1.54, 1.807) is 30.5 Å². The van der Waals surface area contributed by atoms with Crippen molar-refractivity contribution in [3.8, 4) is 22.8 Å². The highest BCUT2D eigenvalue weighted by molar-refractivity contribution is 5.81. The SMILES string of the molecule is O=[N+]([O-])c1ccc(-c2ccc(C=Nc3cccc(-c4nc5ccccc5o4)c3)o2)cc1. The first kappa shape index (κ1) is 18.5. The monoisotopic (exact) mass is 409 g/mol. The highest BCUT2D eigenvalue weighted by Crippen LogP contribution is 2.28. The maximum absolute atomic E-state index is 10.8. The molecule has 0 bridgehead atoms. The van der Waals surface area contributed by atoms with Gasteiger partial charge in [0.05, 0.1) is 16.8 Å². The van der Waals surface area contributed by atoms with E-state index in [1.807, 2.05) is 48.5 Å². The largest absolute Gasteiger partial charge is 0.455 e. The number of fused-ring (bicyclic) bond motifs is 1. The van der Waals surface area contributed by atoms with E-state index in [2.05, 4.69) is 9.98 Å². The summed E-state index contributed by atoms with van der Waals surface area (Å²) in [4.78, 5) is 19.4. The molecule has 0 aliphatic rings. The van der Waals surface area contributed by atoms with Gasteiger partial charge >= 0.3 is 0 Å². The molecule has 0 spiro atoms. The predicted octanol–water partition coefficient (Wildman–Crippen LogP) is 6.41. The summed E-state index contributed by atoms with van der Waals surface area (Å²) in [5.74, 6) is 1.72. The number of non-ortho nitro benzene ring substituents is 1. The molecule has 0 N–H and O–H groups in total. The first-order valence-corrected chi connectivity index (χ1v) is 9.50. The summed E-state index contributed by atoms with van der Waals surface area (Å²) in [5, 5.41) is 10.8. The number of rotatable bonds is 5. The molecule has 0 radical (unpaired) electrons. The molecule has 2 aromatic heterocycles. The van der Waals surface area contributed by atoms with Gasteiger partial charge < -0.3 is 8.83 Å². The standard InChI is InChI=1S/C24H15N3O4/c28-27(29)19-10-8-16(9-11-19)22-13-12-20(30-22)15-25-18-5-3-4-17(14-18)24-26-21-6-1-2-7-23(21)31-24/h1-15H. The Morgan fingerprint density at radius 1 is 0.871 bits per heavy atom. The molecule has 0 unspecified atom stereocenters. The zero-order valence-corrected chi connectivity index (χ0v) is 16.1. The summed E-state index contributed by atoms with van der Waals surface area (Å²) in [7, 11) is 0. The topological polar surface area (TPSA) is 94.7 Å². The van der Waals surface area contributed by atoms with Crippen molar-refractivity contribution in [3.63, 3.8) is 0 Å². The third-order valence-electron chi connectivity index (χ3n) is 4.72. The molecule has 0 amide bonds. The van der Waals surface area contributed by atoms with E-state index in [0.29, 0.717) is 17.4 Å². The second kappa shape index (κ2) is 7.72. The van der Waals surface area contributed by atoms with Gasteiger partial charge in [0.1, 0.15) is 17.0 Å². The molecule has 0 aliphatic heterocycles. The van der Waals surface area contributed by atoms with Crippen LogP contribution < -0.4 is 0 Å². The number of nitro groups is 1. The van der Waals surface area contributed by atoms with Crippen LogP contribution in [-0.4, -0.2) is 16.1 Å². The molecule has 5 rings (SSSR count). The van der Waals surface area contributed by atoms with Gasteiger partial charge in [-0.3, -0.25) is 15.1 Å². The van der Waals surface area contributed by atoms with Gasteiger partial charge in [0.2, 0.25) is 5.89 Å². The molecule has 150 valence electrons. The van der Waals surface area contributed by atoms with Crippen LogP contribution in [0.2, 0.25) is 0 Å². The second-order valence-corrected chi connectivity index (χ2v) is 6.80. The van der Waals surface area contributed by atoms with Crippen LogP contribution in [0.3, 0.4) is 0 Å². The summed E-state index contributed by atoms with van der Waals surface area (Å²) in [6, 6.07) is 25.0. The molecule has 0 saturated heterocycles. The first-order valence-electron chi connectivity index (χ1n) is 9.50. The van der Waals surface area contributed by atoms with Gasteiger partial charge in [0, 0.05) is 23.3 Å². The molecule has 0 aliphatic carbocycles. The molecule has 7 heteroatoms. The number of hydrogen-bond acceptors (Lipinski definition) is 6. The van der Waals surface area contributed by atoms with Crippen molar-refractivity contribution in [3.05, 3.63) is 101 Å². The summed E-state index contributed by atoms with van der Waals surface area (Å²) < 4.78 is 11.6. The molecule has 0 fully saturated rings. The molecule has 5 aromatic rings. The van der Waals surface area contributed by atoms with E-state index in [1.165, 1.54) is 12.1 Å². The molecular formula is C24H15N3O4. The van der Waals surface area contributed by atoms with Gasteiger partial charge in [-0.2, -0.15) is 0 Å². The Bertz CT molecular complexity index is 1380. The van der Waals surface area contributed by atoms with Crippen LogP contribution in [0.1, 0.15) is 5.76 Å². The van der Waals surface area contributed by atoms with E-state index < -0.39 is 4.92 Å². The molecule has 7 nitrogen and oxygen atoms in total. The van der Waals surface area contributed by atoms with Crippen LogP contribution in [-0.2, 0) is 0 Å². The van der Waals surface area contributed by atoms with Crippen LogP contribution in [0, 0.1) is 10.1 Å². The Labute approximate surface area is 176 Å². The van der Waals surface area contributed by atoms with Crippen LogP contribution >= 0.6 is 0 Å². The van der Waals surface area contributed by atoms with Gasteiger partial charge in [-0.15, -0.1) is 0 Å². The minimum absolute atomic E-state index is 0.0379. The van der Waals surface area contributed by atoms with E-state index >= 15 is 0 Å². The van der Waals surface area contributed by atoms with Crippen molar-refractivity contribution in [1.29, 1.82) is 0 Å². The van der Waals surface area contributed by atoms with Crippen LogP contribution in [0.25, 0.3) is 33.9 Å². The van der Waals surface area contributed by atoms with Crippen LogP contribution in [0.5, 0.6) is 0 Å². The number of nitrogens with zero attached hydrogens (tertiary/aromatic N) is 3. The zero-order chi connectivity index (χ0) is 21.2. The summed E-state index contributed by atoms with van der Waals surface area (Å²) in [6.45, 7) is 0. The molecule has 3 aromatic carbocycles. The lowest BCUT2D eigenvalue weighted by Crippen LogP contribution is -1.86. The number of aliphatic imine (C=N–C) groups is 1. The minimum Gasteiger partial charge on any atom is -0.455 e. The van der Waals surface area contributed by atoms with E-state index in [9.17, 15) is 10.1 Å². The van der Waals surface area contributed by atoms with E-state index in [0.717, 1.165) is 27.9 Å². The summed E-state index contributed by atoms with van der Waals surface area (Å²) >= 11 is 0. The Hall–Kier alpha value is -4.52. The van der Waals surface area contributed by atoms with Crippen molar-refractivity contribution in [2.24, 2.45) is 4.99 Å².